The van der Waals surface area contributed by atoms with Crippen LogP contribution in [-0.2, 0) is 5.41 Å². The van der Waals surface area contributed by atoms with E-state index < -0.39 is 5.41 Å². The first-order valence-corrected chi connectivity index (χ1v) is 19.9. The number of benzene rings is 9. The lowest BCUT2D eigenvalue weighted by Gasteiger charge is -2.40. The predicted molar refractivity (Wildman–Crippen MR) is 238 cm³/mol. The van der Waals surface area contributed by atoms with Gasteiger partial charge in [0.1, 0.15) is 11.5 Å². The molecule has 0 saturated carbocycles. The third-order valence-corrected chi connectivity index (χ3v) is 12.2. The lowest BCUT2D eigenvalue weighted by Crippen LogP contribution is -2.32. The maximum Gasteiger partial charge on any atom is 0.140 e. The van der Waals surface area contributed by atoms with Gasteiger partial charge in [0.25, 0.3) is 0 Å². The van der Waals surface area contributed by atoms with Gasteiger partial charge in [0.05, 0.1) is 16.4 Å². The summed E-state index contributed by atoms with van der Waals surface area (Å²) in [5.41, 5.74) is 15.6. The van der Waals surface area contributed by atoms with E-state index in [1.54, 1.807) is 0 Å². The molecule has 1 aliphatic carbocycles. The Hall–Kier alpha value is -7.62. The van der Waals surface area contributed by atoms with Gasteiger partial charge in [-0.1, -0.05) is 158 Å². The fourth-order valence-corrected chi connectivity index (χ4v) is 9.87. The third kappa shape index (κ3) is 4.62. The average Bonchev–Trinajstić information content (AvgIpc) is 3.77. The van der Waals surface area contributed by atoms with Crippen LogP contribution in [0.1, 0.15) is 22.3 Å². The fraction of sp³-hybridized carbons (Fsp3) is 0.0182. The SMILES string of the molecule is c1ccc(-c2cccc3c2Oc2ccccc2C32c3ccccc3-c3ccc(N(c4ccccc4)c4ccc5c6ccccc6n(-c6ccccc6)c5c4)cc32)cc1. The molecule has 1 aliphatic heterocycles. The van der Waals surface area contributed by atoms with E-state index in [1.165, 1.54) is 38.5 Å². The van der Waals surface area contributed by atoms with Gasteiger partial charge in [-0.05, 0) is 88.5 Å². The van der Waals surface area contributed by atoms with Crippen LogP contribution in [0.25, 0.3) is 49.7 Å². The van der Waals surface area contributed by atoms with Crippen LogP contribution in [0.15, 0.2) is 218 Å². The fourth-order valence-electron chi connectivity index (χ4n) is 9.87. The molecule has 0 radical (unpaired) electrons. The topological polar surface area (TPSA) is 17.4 Å². The van der Waals surface area contributed by atoms with Crippen molar-refractivity contribution in [3.63, 3.8) is 0 Å². The van der Waals surface area contributed by atoms with Crippen molar-refractivity contribution >= 4 is 38.9 Å². The summed E-state index contributed by atoms with van der Waals surface area (Å²) in [6, 6.07) is 79.1. The minimum absolute atomic E-state index is 0.622. The van der Waals surface area contributed by atoms with Gasteiger partial charge < -0.3 is 14.2 Å². The third-order valence-electron chi connectivity index (χ3n) is 12.2. The van der Waals surface area contributed by atoms with Gasteiger partial charge >= 0.3 is 0 Å². The highest BCUT2D eigenvalue weighted by Gasteiger charge is 2.51. The molecule has 0 saturated heterocycles. The van der Waals surface area contributed by atoms with Crippen molar-refractivity contribution in [2.75, 3.05) is 4.90 Å². The number of anilines is 3. The standard InChI is InChI=1S/C55H36N2O/c1-4-17-37(18-5-1)42-25-16-28-49-54(42)58-53-30-15-13-27-48(53)55(49)47-26-12-10-23-43(47)44-33-31-40(35-50(44)55)56(38-19-6-2-7-20-38)41-32-34-46-45-24-11-14-29-51(45)57(52(46)36-41)39-21-8-3-9-22-39/h1-36H. The number of hydrogen-bond acceptors (Lipinski definition) is 2. The Balaban J connectivity index is 1.13. The number of hydrogen-bond donors (Lipinski definition) is 0. The number of ether oxygens (including phenoxy) is 1. The Kier molecular flexibility index (Phi) is 7.14. The first-order chi connectivity index (χ1) is 28.8. The number of nitrogens with zero attached hydrogens (tertiary/aromatic N) is 2. The van der Waals surface area contributed by atoms with E-state index in [1.807, 2.05) is 0 Å². The molecule has 3 nitrogen and oxygen atoms in total. The Labute approximate surface area is 337 Å². The highest BCUT2D eigenvalue weighted by atomic mass is 16.5. The molecule has 0 amide bonds. The summed E-state index contributed by atoms with van der Waals surface area (Å²) in [4.78, 5) is 2.41. The van der Waals surface area contributed by atoms with Crippen LogP contribution in [-0.4, -0.2) is 4.57 Å². The summed E-state index contributed by atoms with van der Waals surface area (Å²) in [5.74, 6) is 1.78. The van der Waals surface area contributed by atoms with Gasteiger partial charge in [-0.15, -0.1) is 0 Å². The van der Waals surface area contributed by atoms with Gasteiger partial charge in [-0.2, -0.15) is 0 Å². The number of aromatic nitrogens is 1. The van der Waals surface area contributed by atoms with Crippen molar-refractivity contribution in [3.8, 4) is 39.4 Å². The molecule has 3 heteroatoms. The molecule has 1 atom stereocenters. The van der Waals surface area contributed by atoms with E-state index in [0.717, 1.165) is 62.0 Å². The van der Waals surface area contributed by atoms with Gasteiger partial charge in [-0.3, -0.25) is 0 Å². The zero-order valence-electron chi connectivity index (χ0n) is 31.6. The molecular formula is C55H36N2O. The molecule has 2 heterocycles. The number of rotatable bonds is 5. The summed E-state index contributed by atoms with van der Waals surface area (Å²) in [7, 11) is 0. The molecule has 10 aromatic rings. The first kappa shape index (κ1) is 32.6. The first-order valence-electron chi connectivity index (χ1n) is 19.9. The van der Waals surface area contributed by atoms with Crippen LogP contribution >= 0.6 is 0 Å². The molecule has 272 valence electrons. The highest BCUT2D eigenvalue weighted by molar-refractivity contribution is 6.10. The molecule has 58 heavy (non-hydrogen) atoms. The maximum absolute atomic E-state index is 7.00. The van der Waals surface area contributed by atoms with Gasteiger partial charge in [0.15, 0.2) is 0 Å². The molecule has 2 aliphatic rings. The quantitative estimate of drug-likeness (QED) is 0.175. The second-order valence-corrected chi connectivity index (χ2v) is 15.2. The van der Waals surface area contributed by atoms with Crippen LogP contribution in [0.5, 0.6) is 11.5 Å². The zero-order chi connectivity index (χ0) is 38.2. The predicted octanol–water partition coefficient (Wildman–Crippen LogP) is 14.4. The molecule has 9 aromatic carbocycles. The molecule has 1 spiro atoms. The Morgan fingerprint density at radius 1 is 0.379 bits per heavy atom. The number of fused-ring (bicyclic) bond motifs is 12. The summed E-state index contributed by atoms with van der Waals surface area (Å²) < 4.78 is 9.39. The number of para-hydroxylation sites is 5. The molecular weight excluding hydrogens is 705 g/mol. The highest BCUT2D eigenvalue weighted by Crippen LogP contribution is 2.63. The average molecular weight is 741 g/mol. The molecule has 1 unspecified atom stereocenters. The molecule has 0 fully saturated rings. The van der Waals surface area contributed by atoms with Crippen molar-refractivity contribution < 1.29 is 4.74 Å². The minimum atomic E-state index is -0.622. The Morgan fingerprint density at radius 3 is 1.83 bits per heavy atom. The molecule has 12 rings (SSSR count). The van der Waals surface area contributed by atoms with Gasteiger partial charge in [-0.25, -0.2) is 0 Å². The van der Waals surface area contributed by atoms with E-state index in [4.69, 9.17) is 4.74 Å². The van der Waals surface area contributed by atoms with E-state index in [9.17, 15) is 0 Å². The van der Waals surface area contributed by atoms with Crippen molar-refractivity contribution in [3.05, 3.63) is 241 Å². The summed E-state index contributed by atoms with van der Waals surface area (Å²) in [6.45, 7) is 0. The second-order valence-electron chi connectivity index (χ2n) is 15.2. The normalized spacial score (nSPS) is 14.8. The van der Waals surface area contributed by atoms with Crippen LogP contribution in [0.3, 0.4) is 0 Å². The van der Waals surface area contributed by atoms with Gasteiger partial charge in [0, 0.05) is 50.2 Å². The van der Waals surface area contributed by atoms with Crippen molar-refractivity contribution in [1.82, 2.24) is 4.57 Å². The van der Waals surface area contributed by atoms with E-state index in [2.05, 4.69) is 228 Å². The largest absolute Gasteiger partial charge is 0.456 e. The lowest BCUT2D eigenvalue weighted by molar-refractivity contribution is 0.438. The Bertz CT molecular complexity index is 3200. The van der Waals surface area contributed by atoms with Crippen LogP contribution in [0, 0.1) is 0 Å². The molecule has 0 N–H and O–H groups in total. The van der Waals surface area contributed by atoms with Crippen LogP contribution in [0.4, 0.5) is 17.1 Å². The van der Waals surface area contributed by atoms with E-state index in [-0.39, 0.29) is 0 Å². The minimum Gasteiger partial charge on any atom is -0.456 e. The second kappa shape index (κ2) is 12.7. The molecule has 1 aromatic heterocycles. The van der Waals surface area contributed by atoms with Crippen molar-refractivity contribution in [2.45, 2.75) is 5.41 Å². The van der Waals surface area contributed by atoms with Crippen LogP contribution in [0.2, 0.25) is 0 Å². The molecule has 0 bridgehead atoms. The smallest absolute Gasteiger partial charge is 0.140 e. The van der Waals surface area contributed by atoms with E-state index in [0.29, 0.717) is 0 Å². The maximum atomic E-state index is 7.00. The van der Waals surface area contributed by atoms with E-state index >= 15 is 0 Å². The van der Waals surface area contributed by atoms with Crippen molar-refractivity contribution in [2.24, 2.45) is 0 Å². The van der Waals surface area contributed by atoms with Gasteiger partial charge in [0.2, 0.25) is 0 Å². The summed E-state index contributed by atoms with van der Waals surface area (Å²) in [5, 5.41) is 2.47. The van der Waals surface area contributed by atoms with Crippen molar-refractivity contribution in [1.29, 1.82) is 0 Å². The monoisotopic (exact) mass is 740 g/mol. The lowest BCUT2D eigenvalue weighted by atomic mass is 9.65. The zero-order valence-corrected chi connectivity index (χ0v) is 31.6. The summed E-state index contributed by atoms with van der Waals surface area (Å²) in [6.07, 6.45) is 0. The van der Waals surface area contributed by atoms with Crippen LogP contribution < -0.4 is 9.64 Å². The Morgan fingerprint density at radius 2 is 0.983 bits per heavy atom. The summed E-state index contributed by atoms with van der Waals surface area (Å²) >= 11 is 0.